The number of amides is 1. The predicted octanol–water partition coefficient (Wildman–Crippen LogP) is 2.55. The lowest BCUT2D eigenvalue weighted by Crippen LogP contribution is -2.36. The molecule has 0 aliphatic carbocycles. The van der Waals surface area contributed by atoms with Gasteiger partial charge < -0.3 is 11.1 Å². The van der Waals surface area contributed by atoms with Crippen molar-refractivity contribution >= 4 is 22.4 Å². The molecular weight excluding hydrogens is 238 g/mol. The molecule has 1 amide bonds. The lowest BCUT2D eigenvalue weighted by atomic mass is 10.0. The molecule has 2 aromatic rings. The van der Waals surface area contributed by atoms with Crippen LogP contribution in [0.3, 0.4) is 0 Å². The smallest absolute Gasteiger partial charge is 0.241 e. The average Bonchev–Trinajstić information content (AvgIpc) is 2.38. The second-order valence-electron chi connectivity index (χ2n) is 5.13. The predicted molar refractivity (Wildman–Crippen MR) is 77.8 cm³/mol. The molecule has 100 valence electrons. The van der Waals surface area contributed by atoms with Gasteiger partial charge in [-0.1, -0.05) is 26.0 Å². The number of rotatable bonds is 4. The van der Waals surface area contributed by atoms with Crippen LogP contribution in [0.15, 0.2) is 36.7 Å². The highest BCUT2D eigenvalue weighted by atomic mass is 16.2. The lowest BCUT2D eigenvalue weighted by molar-refractivity contribution is -0.117. The van der Waals surface area contributed by atoms with Gasteiger partial charge in [0.25, 0.3) is 0 Å². The van der Waals surface area contributed by atoms with Crippen LogP contribution in [-0.4, -0.2) is 16.9 Å². The first-order valence-corrected chi connectivity index (χ1v) is 6.47. The number of anilines is 1. The van der Waals surface area contributed by atoms with E-state index >= 15 is 0 Å². The summed E-state index contributed by atoms with van der Waals surface area (Å²) >= 11 is 0. The van der Waals surface area contributed by atoms with Gasteiger partial charge in [-0.2, -0.15) is 0 Å². The minimum Gasteiger partial charge on any atom is -0.324 e. The summed E-state index contributed by atoms with van der Waals surface area (Å²) in [5.41, 5.74) is 6.64. The van der Waals surface area contributed by atoms with Crippen LogP contribution in [0.4, 0.5) is 5.69 Å². The Morgan fingerprint density at radius 1 is 1.37 bits per heavy atom. The SMILES string of the molecule is CC(C)CC(N)C(=O)Nc1cccc2ccncc12. The van der Waals surface area contributed by atoms with Crippen molar-refractivity contribution in [3.63, 3.8) is 0 Å². The van der Waals surface area contributed by atoms with Gasteiger partial charge in [-0.15, -0.1) is 0 Å². The number of nitrogens with one attached hydrogen (secondary N) is 1. The van der Waals surface area contributed by atoms with E-state index in [2.05, 4.69) is 24.1 Å². The molecule has 0 spiro atoms. The van der Waals surface area contributed by atoms with Crippen LogP contribution in [0.2, 0.25) is 0 Å². The number of hydrogen-bond donors (Lipinski definition) is 2. The molecule has 4 nitrogen and oxygen atoms in total. The molecular formula is C15H19N3O. The van der Waals surface area contributed by atoms with E-state index in [-0.39, 0.29) is 5.91 Å². The van der Waals surface area contributed by atoms with E-state index in [4.69, 9.17) is 5.73 Å². The normalized spacial score (nSPS) is 12.6. The summed E-state index contributed by atoms with van der Waals surface area (Å²) in [5, 5.41) is 4.86. The van der Waals surface area contributed by atoms with Crippen LogP contribution < -0.4 is 11.1 Å². The average molecular weight is 257 g/mol. The Labute approximate surface area is 113 Å². The Morgan fingerprint density at radius 2 is 2.16 bits per heavy atom. The summed E-state index contributed by atoms with van der Waals surface area (Å²) in [5.74, 6) is 0.250. The van der Waals surface area contributed by atoms with E-state index in [9.17, 15) is 4.79 Å². The number of nitrogens with zero attached hydrogens (tertiary/aromatic N) is 1. The number of benzene rings is 1. The number of fused-ring (bicyclic) bond motifs is 1. The van der Waals surface area contributed by atoms with Crippen molar-refractivity contribution in [1.82, 2.24) is 4.98 Å². The number of nitrogens with two attached hydrogens (primary N) is 1. The summed E-state index contributed by atoms with van der Waals surface area (Å²) in [6.45, 7) is 4.10. The van der Waals surface area contributed by atoms with Gasteiger partial charge in [-0.25, -0.2) is 0 Å². The van der Waals surface area contributed by atoms with Gasteiger partial charge in [-0.3, -0.25) is 9.78 Å². The van der Waals surface area contributed by atoms with E-state index in [1.165, 1.54) is 0 Å². The number of hydrogen-bond acceptors (Lipinski definition) is 3. The summed E-state index contributed by atoms with van der Waals surface area (Å²) in [6.07, 6.45) is 4.16. The van der Waals surface area contributed by atoms with Crippen molar-refractivity contribution in [1.29, 1.82) is 0 Å². The highest BCUT2D eigenvalue weighted by molar-refractivity contribution is 6.03. The number of carbonyl (C=O) groups excluding carboxylic acids is 1. The first-order chi connectivity index (χ1) is 9.08. The number of aromatic nitrogens is 1. The molecule has 0 aliphatic heterocycles. The Hall–Kier alpha value is -1.94. The van der Waals surface area contributed by atoms with Crippen molar-refractivity contribution in [3.8, 4) is 0 Å². The first kappa shape index (κ1) is 13.5. The van der Waals surface area contributed by atoms with Gasteiger partial charge in [0, 0.05) is 17.8 Å². The third-order valence-corrected chi connectivity index (χ3v) is 3.00. The Balaban J connectivity index is 2.19. The van der Waals surface area contributed by atoms with E-state index in [0.29, 0.717) is 12.3 Å². The largest absolute Gasteiger partial charge is 0.324 e. The molecule has 0 bridgehead atoms. The fraction of sp³-hybridized carbons (Fsp3) is 0.333. The second kappa shape index (κ2) is 5.80. The van der Waals surface area contributed by atoms with Crippen molar-refractivity contribution in [3.05, 3.63) is 36.7 Å². The molecule has 1 aromatic heterocycles. The first-order valence-electron chi connectivity index (χ1n) is 6.47. The maximum atomic E-state index is 12.0. The molecule has 4 heteroatoms. The quantitative estimate of drug-likeness (QED) is 0.884. The third kappa shape index (κ3) is 3.29. The lowest BCUT2D eigenvalue weighted by Gasteiger charge is -2.15. The van der Waals surface area contributed by atoms with Crippen LogP contribution in [0, 0.1) is 5.92 Å². The maximum Gasteiger partial charge on any atom is 0.241 e. The van der Waals surface area contributed by atoms with Crippen LogP contribution in [-0.2, 0) is 4.79 Å². The fourth-order valence-corrected chi connectivity index (χ4v) is 2.06. The number of pyridine rings is 1. The zero-order chi connectivity index (χ0) is 13.8. The molecule has 1 unspecified atom stereocenters. The molecule has 2 rings (SSSR count). The van der Waals surface area contributed by atoms with Crippen molar-refractivity contribution in [2.24, 2.45) is 11.7 Å². The monoisotopic (exact) mass is 257 g/mol. The van der Waals surface area contributed by atoms with E-state index in [0.717, 1.165) is 16.5 Å². The van der Waals surface area contributed by atoms with Crippen molar-refractivity contribution in [2.45, 2.75) is 26.3 Å². The zero-order valence-electron chi connectivity index (χ0n) is 11.3. The second-order valence-corrected chi connectivity index (χ2v) is 5.13. The molecule has 0 radical (unpaired) electrons. The molecule has 0 saturated carbocycles. The fourth-order valence-electron chi connectivity index (χ4n) is 2.06. The van der Waals surface area contributed by atoms with Gasteiger partial charge in [0.05, 0.1) is 11.7 Å². The number of carbonyl (C=O) groups is 1. The van der Waals surface area contributed by atoms with E-state index in [1.807, 2.05) is 24.3 Å². The molecule has 19 heavy (non-hydrogen) atoms. The summed E-state index contributed by atoms with van der Waals surface area (Å²) in [4.78, 5) is 16.1. The van der Waals surface area contributed by atoms with Crippen LogP contribution in [0.1, 0.15) is 20.3 Å². The Bertz CT molecular complexity index is 575. The summed E-state index contributed by atoms with van der Waals surface area (Å²) in [6, 6.07) is 7.20. The minimum absolute atomic E-state index is 0.148. The molecule has 1 heterocycles. The van der Waals surface area contributed by atoms with Crippen molar-refractivity contribution in [2.75, 3.05) is 5.32 Å². The van der Waals surface area contributed by atoms with Crippen LogP contribution in [0.25, 0.3) is 10.8 Å². The van der Waals surface area contributed by atoms with Gasteiger partial charge >= 0.3 is 0 Å². The standard InChI is InChI=1S/C15H19N3O/c1-10(2)8-13(16)15(19)18-14-5-3-4-11-6-7-17-9-12(11)14/h3-7,9-10,13H,8,16H2,1-2H3,(H,18,19). The highest BCUT2D eigenvalue weighted by Gasteiger charge is 2.15. The molecule has 0 aliphatic rings. The highest BCUT2D eigenvalue weighted by Crippen LogP contribution is 2.22. The third-order valence-electron chi connectivity index (χ3n) is 3.00. The summed E-state index contributed by atoms with van der Waals surface area (Å²) in [7, 11) is 0. The van der Waals surface area contributed by atoms with Gasteiger partial charge in [0.2, 0.25) is 5.91 Å². The zero-order valence-corrected chi connectivity index (χ0v) is 11.3. The summed E-state index contributed by atoms with van der Waals surface area (Å²) < 4.78 is 0. The Kier molecular flexibility index (Phi) is 4.12. The molecule has 3 N–H and O–H groups in total. The molecule has 0 saturated heterocycles. The Morgan fingerprint density at radius 3 is 2.89 bits per heavy atom. The molecule has 0 fully saturated rings. The topological polar surface area (TPSA) is 68.0 Å². The van der Waals surface area contributed by atoms with Crippen LogP contribution in [0.5, 0.6) is 0 Å². The van der Waals surface area contributed by atoms with Gasteiger partial charge in [-0.05, 0) is 29.9 Å². The van der Waals surface area contributed by atoms with Crippen LogP contribution >= 0.6 is 0 Å². The molecule has 1 atom stereocenters. The van der Waals surface area contributed by atoms with E-state index in [1.54, 1.807) is 12.4 Å². The maximum absolute atomic E-state index is 12.0. The minimum atomic E-state index is -0.480. The van der Waals surface area contributed by atoms with E-state index < -0.39 is 6.04 Å². The van der Waals surface area contributed by atoms with Crippen molar-refractivity contribution < 1.29 is 4.79 Å². The molecule has 1 aromatic carbocycles. The van der Waals surface area contributed by atoms with Gasteiger partial charge in [0.1, 0.15) is 0 Å². The van der Waals surface area contributed by atoms with Gasteiger partial charge in [0.15, 0.2) is 0 Å².